The van der Waals surface area contributed by atoms with Gasteiger partial charge in [0.1, 0.15) is 11.5 Å². The van der Waals surface area contributed by atoms with E-state index in [1.54, 1.807) is 0 Å². The molecule has 0 amide bonds. The maximum Gasteiger partial charge on any atom is 0.184 e. The highest BCUT2D eigenvalue weighted by molar-refractivity contribution is 9.11. The van der Waals surface area contributed by atoms with Gasteiger partial charge in [0.25, 0.3) is 0 Å². The number of aryl methyl sites for hydroxylation is 2. The molecule has 0 atom stereocenters. The second-order valence-electron chi connectivity index (χ2n) is 9.96. The molecule has 2 heterocycles. The Morgan fingerprint density at radius 2 is 1.00 bits per heavy atom. The van der Waals surface area contributed by atoms with Gasteiger partial charge < -0.3 is 28.4 Å². The molecule has 0 radical (unpaired) electrons. The Balaban J connectivity index is 0.997. The summed E-state index contributed by atoms with van der Waals surface area (Å²) in [5.74, 6) is 1.62. The monoisotopic (exact) mass is 674 g/mol. The van der Waals surface area contributed by atoms with Gasteiger partial charge in [-0.25, -0.2) is 0 Å². The minimum Gasteiger partial charge on any atom is -0.492 e. The second kappa shape index (κ2) is 15.3. The zero-order valence-electron chi connectivity index (χ0n) is 22.6. The number of rotatable bonds is 14. The zero-order chi connectivity index (χ0) is 27.6. The van der Waals surface area contributed by atoms with Gasteiger partial charge in [-0.3, -0.25) is 0 Å². The zero-order valence-corrected chi connectivity index (χ0v) is 25.8. The van der Waals surface area contributed by atoms with Gasteiger partial charge in [-0.05, 0) is 93.6 Å². The van der Waals surface area contributed by atoms with Crippen LogP contribution in [0.25, 0.3) is 0 Å². The SMILES string of the molecule is Brc1cc(OCCCCc2cccc(C3OCCO3)c2)c(Br)cc1OCCCCc1cccc(C2OCCO2)c1. The van der Waals surface area contributed by atoms with Crippen LogP contribution in [0.3, 0.4) is 0 Å². The van der Waals surface area contributed by atoms with Crippen molar-refractivity contribution in [2.24, 2.45) is 0 Å². The maximum absolute atomic E-state index is 6.06. The van der Waals surface area contributed by atoms with Crippen LogP contribution in [-0.4, -0.2) is 39.6 Å². The molecule has 0 aromatic heterocycles. The predicted molar refractivity (Wildman–Crippen MR) is 161 cm³/mol. The Bertz CT molecular complexity index is 1130. The highest BCUT2D eigenvalue weighted by Crippen LogP contribution is 2.36. The van der Waals surface area contributed by atoms with Crippen molar-refractivity contribution in [3.63, 3.8) is 0 Å². The third-order valence-electron chi connectivity index (χ3n) is 6.91. The van der Waals surface area contributed by atoms with Crippen LogP contribution in [0, 0.1) is 0 Å². The first kappa shape index (κ1) is 29.5. The molecule has 2 aliphatic rings. The van der Waals surface area contributed by atoms with Crippen LogP contribution >= 0.6 is 31.9 Å². The van der Waals surface area contributed by atoms with Crippen molar-refractivity contribution in [1.29, 1.82) is 0 Å². The fourth-order valence-electron chi connectivity index (χ4n) is 4.85. The van der Waals surface area contributed by atoms with Gasteiger partial charge >= 0.3 is 0 Å². The summed E-state index contributed by atoms with van der Waals surface area (Å²) in [4.78, 5) is 0. The van der Waals surface area contributed by atoms with E-state index in [9.17, 15) is 0 Å². The molecule has 0 saturated carbocycles. The molecule has 3 aromatic rings. The van der Waals surface area contributed by atoms with Crippen LogP contribution in [0.2, 0.25) is 0 Å². The lowest BCUT2D eigenvalue weighted by Crippen LogP contribution is -2.02. The molecule has 3 aromatic carbocycles. The number of unbranched alkanes of at least 4 members (excludes halogenated alkanes) is 2. The average molecular weight is 676 g/mol. The van der Waals surface area contributed by atoms with E-state index in [1.165, 1.54) is 11.1 Å². The Hall–Kier alpha value is -1.94. The van der Waals surface area contributed by atoms with E-state index in [1.807, 2.05) is 12.1 Å². The molecule has 2 aliphatic heterocycles. The molecule has 6 nitrogen and oxygen atoms in total. The van der Waals surface area contributed by atoms with E-state index in [4.69, 9.17) is 28.4 Å². The molecular weight excluding hydrogens is 640 g/mol. The first-order valence-corrected chi connectivity index (χ1v) is 15.6. The third kappa shape index (κ3) is 8.54. The van der Waals surface area contributed by atoms with E-state index in [2.05, 4.69) is 80.4 Å². The first-order chi connectivity index (χ1) is 19.7. The Labute approximate surface area is 253 Å². The molecule has 0 N–H and O–H groups in total. The number of ether oxygens (including phenoxy) is 6. The third-order valence-corrected chi connectivity index (χ3v) is 8.15. The summed E-state index contributed by atoms with van der Waals surface area (Å²) >= 11 is 7.29. The van der Waals surface area contributed by atoms with Crippen molar-refractivity contribution in [3.05, 3.63) is 91.9 Å². The summed E-state index contributed by atoms with van der Waals surface area (Å²) in [6.07, 6.45) is 5.57. The van der Waals surface area contributed by atoms with Crippen molar-refractivity contribution in [3.8, 4) is 11.5 Å². The molecule has 0 spiro atoms. The molecule has 5 rings (SSSR count). The Kier molecular flexibility index (Phi) is 11.3. The fourth-order valence-corrected chi connectivity index (χ4v) is 5.72. The standard InChI is InChI=1S/C32H36Br2O6/c33-27-22-30(36-14-4-2-8-24-10-6-12-26(20-24)32-39-17-18-40-32)28(34)21-29(27)35-13-3-1-7-23-9-5-11-25(19-23)31-37-15-16-38-31/h5-6,9-12,19-22,31-32H,1-4,7-8,13-18H2. The van der Waals surface area contributed by atoms with Crippen LogP contribution in [0.15, 0.2) is 69.6 Å². The van der Waals surface area contributed by atoms with Crippen molar-refractivity contribution in [1.82, 2.24) is 0 Å². The lowest BCUT2D eigenvalue weighted by atomic mass is 10.1. The topological polar surface area (TPSA) is 55.4 Å². The number of hydrogen-bond donors (Lipinski definition) is 0. The summed E-state index contributed by atoms with van der Waals surface area (Å²) in [6, 6.07) is 20.9. The Morgan fingerprint density at radius 1 is 0.575 bits per heavy atom. The van der Waals surface area contributed by atoms with Gasteiger partial charge in [-0.1, -0.05) is 48.5 Å². The fraction of sp³-hybridized carbons (Fsp3) is 0.438. The van der Waals surface area contributed by atoms with E-state index in [0.717, 1.165) is 70.1 Å². The molecule has 0 bridgehead atoms. The van der Waals surface area contributed by atoms with Crippen LogP contribution in [0.1, 0.15) is 60.5 Å². The lowest BCUT2D eigenvalue weighted by molar-refractivity contribution is -0.0443. The summed E-state index contributed by atoms with van der Waals surface area (Å²) in [6.45, 7) is 3.95. The summed E-state index contributed by atoms with van der Waals surface area (Å²) in [5.41, 5.74) is 4.78. The second-order valence-corrected chi connectivity index (χ2v) is 11.7. The number of benzene rings is 3. The normalized spacial score (nSPS) is 16.1. The van der Waals surface area contributed by atoms with Gasteiger partial charge in [0.2, 0.25) is 0 Å². The summed E-state index contributed by atoms with van der Waals surface area (Å²) in [7, 11) is 0. The minimum atomic E-state index is -0.221. The molecule has 0 unspecified atom stereocenters. The van der Waals surface area contributed by atoms with Crippen LogP contribution in [0.5, 0.6) is 11.5 Å². The Morgan fingerprint density at radius 3 is 1.43 bits per heavy atom. The molecule has 214 valence electrons. The largest absolute Gasteiger partial charge is 0.492 e. The number of hydrogen-bond acceptors (Lipinski definition) is 6. The number of halogens is 2. The lowest BCUT2D eigenvalue weighted by Gasteiger charge is -2.14. The maximum atomic E-state index is 6.06. The van der Waals surface area contributed by atoms with Gasteiger partial charge in [0.05, 0.1) is 48.6 Å². The van der Waals surface area contributed by atoms with E-state index < -0.39 is 0 Å². The molecule has 2 fully saturated rings. The summed E-state index contributed by atoms with van der Waals surface area (Å²) in [5, 5.41) is 0. The smallest absolute Gasteiger partial charge is 0.184 e. The van der Waals surface area contributed by atoms with Crippen molar-refractivity contribution in [2.75, 3.05) is 39.6 Å². The highest BCUT2D eigenvalue weighted by atomic mass is 79.9. The molecular formula is C32H36Br2O6. The van der Waals surface area contributed by atoms with Crippen LogP contribution in [0.4, 0.5) is 0 Å². The van der Waals surface area contributed by atoms with Gasteiger partial charge in [0.15, 0.2) is 12.6 Å². The minimum absolute atomic E-state index is 0.221. The molecule has 2 saturated heterocycles. The van der Waals surface area contributed by atoms with Crippen molar-refractivity contribution < 1.29 is 28.4 Å². The quantitative estimate of drug-likeness (QED) is 0.161. The molecule has 0 aliphatic carbocycles. The first-order valence-electron chi connectivity index (χ1n) is 14.0. The summed E-state index contributed by atoms with van der Waals surface area (Å²) < 4.78 is 36.4. The average Bonchev–Trinajstić information content (AvgIpc) is 3.71. The molecule has 8 heteroatoms. The van der Waals surface area contributed by atoms with Crippen LogP contribution in [-0.2, 0) is 31.8 Å². The van der Waals surface area contributed by atoms with Gasteiger partial charge in [-0.2, -0.15) is 0 Å². The van der Waals surface area contributed by atoms with E-state index in [0.29, 0.717) is 39.6 Å². The highest BCUT2D eigenvalue weighted by Gasteiger charge is 2.19. The van der Waals surface area contributed by atoms with E-state index >= 15 is 0 Å². The van der Waals surface area contributed by atoms with Crippen LogP contribution < -0.4 is 9.47 Å². The van der Waals surface area contributed by atoms with Gasteiger partial charge in [0, 0.05) is 11.1 Å². The van der Waals surface area contributed by atoms with Crippen molar-refractivity contribution in [2.45, 2.75) is 51.1 Å². The molecule has 40 heavy (non-hydrogen) atoms. The van der Waals surface area contributed by atoms with Crippen molar-refractivity contribution >= 4 is 31.9 Å². The predicted octanol–water partition coefficient (Wildman–Crippen LogP) is 8.11. The van der Waals surface area contributed by atoms with Gasteiger partial charge in [-0.15, -0.1) is 0 Å². The van der Waals surface area contributed by atoms with E-state index in [-0.39, 0.29) is 12.6 Å².